The van der Waals surface area contributed by atoms with Crippen LogP contribution in [0.5, 0.6) is 0 Å². The Balaban J connectivity index is 2.13. The first-order chi connectivity index (χ1) is 9.49. The van der Waals surface area contributed by atoms with Crippen LogP contribution >= 0.6 is 0 Å². The van der Waals surface area contributed by atoms with Gasteiger partial charge in [0.25, 0.3) is 5.69 Å². The average Bonchev–Trinajstić information content (AvgIpc) is 2.45. The number of nitro benzene ring substituents is 1. The maximum absolute atomic E-state index is 12.5. The second kappa shape index (κ2) is 6.00. The first kappa shape index (κ1) is 14.5. The third-order valence-corrected chi connectivity index (χ3v) is 3.63. The molecule has 0 spiro atoms. The Labute approximate surface area is 117 Å². The number of rotatable bonds is 3. The molecule has 1 saturated heterocycles. The molecule has 2 rings (SSSR count). The van der Waals surface area contributed by atoms with Gasteiger partial charge in [-0.05, 0) is 19.4 Å². The first-order valence-electron chi connectivity index (χ1n) is 6.75. The minimum absolute atomic E-state index is 0.0239. The van der Waals surface area contributed by atoms with Crippen molar-refractivity contribution in [1.82, 2.24) is 10.2 Å². The van der Waals surface area contributed by atoms with Crippen LogP contribution in [0.2, 0.25) is 0 Å². The van der Waals surface area contributed by atoms with Gasteiger partial charge in [0.2, 0.25) is 5.91 Å². The van der Waals surface area contributed by atoms with E-state index in [2.05, 4.69) is 5.32 Å². The summed E-state index contributed by atoms with van der Waals surface area (Å²) in [7, 11) is 0. The van der Waals surface area contributed by atoms with E-state index >= 15 is 0 Å². The number of carbonyl (C=O) groups is 1. The van der Waals surface area contributed by atoms with Crippen LogP contribution in [0, 0.1) is 10.1 Å². The summed E-state index contributed by atoms with van der Waals surface area (Å²) < 4.78 is 0. The second-order valence-corrected chi connectivity index (χ2v) is 5.21. The normalized spacial score (nSPS) is 20.5. The molecule has 6 heteroatoms. The lowest BCUT2D eigenvalue weighted by atomic mass is 9.98. The first-order valence-corrected chi connectivity index (χ1v) is 6.75. The summed E-state index contributed by atoms with van der Waals surface area (Å²) in [5.74, 6) is -0.334. The smallest absolute Gasteiger partial charge is 0.269 e. The minimum atomic E-state index is -0.437. The highest BCUT2D eigenvalue weighted by Crippen LogP contribution is 2.23. The van der Waals surface area contributed by atoms with Crippen LogP contribution in [-0.4, -0.2) is 41.4 Å². The lowest BCUT2D eigenvalue weighted by Crippen LogP contribution is -2.52. The van der Waals surface area contributed by atoms with Gasteiger partial charge >= 0.3 is 0 Å². The Kier molecular flexibility index (Phi) is 4.34. The third-order valence-electron chi connectivity index (χ3n) is 3.63. The van der Waals surface area contributed by atoms with Crippen LogP contribution in [0.15, 0.2) is 24.3 Å². The lowest BCUT2D eigenvalue weighted by Gasteiger charge is -2.33. The van der Waals surface area contributed by atoms with Gasteiger partial charge in [0.15, 0.2) is 0 Å². The predicted molar refractivity (Wildman–Crippen MR) is 75.6 cm³/mol. The fourth-order valence-corrected chi connectivity index (χ4v) is 2.46. The summed E-state index contributed by atoms with van der Waals surface area (Å²) in [5.41, 5.74) is 0.714. The van der Waals surface area contributed by atoms with Crippen LogP contribution < -0.4 is 5.32 Å². The van der Waals surface area contributed by atoms with E-state index in [-0.39, 0.29) is 23.6 Å². The number of piperazine rings is 1. The molecule has 1 aromatic rings. The fourth-order valence-electron chi connectivity index (χ4n) is 2.46. The van der Waals surface area contributed by atoms with Gasteiger partial charge in [0.1, 0.15) is 0 Å². The molecule has 0 radical (unpaired) electrons. The van der Waals surface area contributed by atoms with E-state index < -0.39 is 4.92 Å². The molecule has 1 aliphatic heterocycles. The van der Waals surface area contributed by atoms with Gasteiger partial charge in [-0.15, -0.1) is 0 Å². The molecule has 1 aromatic carbocycles. The molecule has 1 N–H and O–H groups in total. The van der Waals surface area contributed by atoms with E-state index in [9.17, 15) is 14.9 Å². The van der Waals surface area contributed by atoms with Crippen LogP contribution in [0.3, 0.4) is 0 Å². The predicted octanol–water partition coefficient (Wildman–Crippen LogP) is 1.52. The molecular weight excluding hydrogens is 258 g/mol. The second-order valence-electron chi connectivity index (χ2n) is 5.21. The van der Waals surface area contributed by atoms with Gasteiger partial charge < -0.3 is 10.2 Å². The van der Waals surface area contributed by atoms with Gasteiger partial charge in [-0.1, -0.05) is 12.1 Å². The number of non-ortho nitro benzene ring substituents is 1. The van der Waals surface area contributed by atoms with Gasteiger partial charge in [0, 0.05) is 37.8 Å². The molecule has 1 amide bonds. The zero-order valence-corrected chi connectivity index (χ0v) is 11.7. The van der Waals surface area contributed by atoms with Crippen LogP contribution in [-0.2, 0) is 4.79 Å². The molecule has 0 aliphatic carbocycles. The summed E-state index contributed by atoms with van der Waals surface area (Å²) in [6.45, 7) is 5.99. The zero-order chi connectivity index (χ0) is 14.7. The molecule has 6 nitrogen and oxygen atoms in total. The van der Waals surface area contributed by atoms with Crippen molar-refractivity contribution in [2.45, 2.75) is 25.8 Å². The number of hydrogen-bond donors (Lipinski definition) is 1. The summed E-state index contributed by atoms with van der Waals surface area (Å²) in [4.78, 5) is 24.6. The highest BCUT2D eigenvalue weighted by Gasteiger charge is 2.26. The topological polar surface area (TPSA) is 75.5 Å². The molecule has 0 saturated carbocycles. The molecule has 0 bridgehead atoms. The summed E-state index contributed by atoms with van der Waals surface area (Å²) in [6, 6.07) is 6.59. The maximum Gasteiger partial charge on any atom is 0.269 e. The van der Waals surface area contributed by atoms with Crippen molar-refractivity contribution in [2.75, 3.05) is 19.6 Å². The Bertz CT molecular complexity index is 518. The molecule has 1 unspecified atom stereocenters. The third kappa shape index (κ3) is 3.14. The van der Waals surface area contributed by atoms with Crippen LogP contribution in [0.25, 0.3) is 0 Å². The number of nitrogens with zero attached hydrogens (tertiary/aromatic N) is 2. The molecule has 1 fully saturated rings. The zero-order valence-electron chi connectivity index (χ0n) is 11.7. The van der Waals surface area contributed by atoms with E-state index in [4.69, 9.17) is 0 Å². The summed E-state index contributed by atoms with van der Waals surface area (Å²) >= 11 is 0. The average molecular weight is 277 g/mol. The number of hydrogen-bond acceptors (Lipinski definition) is 4. The Morgan fingerprint density at radius 3 is 2.95 bits per heavy atom. The molecular formula is C14H19N3O3. The van der Waals surface area contributed by atoms with Crippen molar-refractivity contribution < 1.29 is 9.72 Å². The number of benzene rings is 1. The van der Waals surface area contributed by atoms with Gasteiger partial charge in [-0.3, -0.25) is 14.9 Å². The van der Waals surface area contributed by atoms with Gasteiger partial charge in [-0.25, -0.2) is 0 Å². The highest BCUT2D eigenvalue weighted by atomic mass is 16.6. The van der Waals surface area contributed by atoms with Crippen LogP contribution in [0.4, 0.5) is 5.69 Å². The monoisotopic (exact) mass is 277 g/mol. The van der Waals surface area contributed by atoms with Crippen LogP contribution in [0.1, 0.15) is 25.3 Å². The lowest BCUT2D eigenvalue weighted by molar-refractivity contribution is -0.384. The van der Waals surface area contributed by atoms with E-state index in [1.165, 1.54) is 12.1 Å². The molecule has 2 atom stereocenters. The molecule has 108 valence electrons. The van der Waals surface area contributed by atoms with Gasteiger partial charge in [0.05, 0.1) is 10.8 Å². The SMILES string of the molecule is CC(C(=O)N1CCN[C@H](C)C1)c1cccc([N+](=O)[O-])c1. The van der Waals surface area contributed by atoms with E-state index in [0.29, 0.717) is 18.7 Å². The van der Waals surface area contributed by atoms with Crippen molar-refractivity contribution in [3.05, 3.63) is 39.9 Å². The molecule has 0 aromatic heterocycles. The molecule has 1 heterocycles. The number of nitro groups is 1. The summed E-state index contributed by atoms with van der Waals surface area (Å²) in [5, 5.41) is 14.1. The van der Waals surface area contributed by atoms with E-state index in [1.54, 1.807) is 19.1 Å². The van der Waals surface area contributed by atoms with E-state index in [1.807, 2.05) is 11.8 Å². The maximum atomic E-state index is 12.5. The Morgan fingerprint density at radius 2 is 2.30 bits per heavy atom. The number of amides is 1. The minimum Gasteiger partial charge on any atom is -0.339 e. The fraction of sp³-hybridized carbons (Fsp3) is 0.500. The van der Waals surface area contributed by atoms with E-state index in [0.717, 1.165) is 6.54 Å². The quantitative estimate of drug-likeness (QED) is 0.671. The van der Waals surface area contributed by atoms with Crippen molar-refractivity contribution >= 4 is 11.6 Å². The van der Waals surface area contributed by atoms with Crippen molar-refractivity contribution in [1.29, 1.82) is 0 Å². The highest BCUT2D eigenvalue weighted by molar-refractivity contribution is 5.83. The van der Waals surface area contributed by atoms with Crippen molar-refractivity contribution in [2.24, 2.45) is 0 Å². The molecule has 1 aliphatic rings. The summed E-state index contributed by atoms with van der Waals surface area (Å²) in [6.07, 6.45) is 0. The van der Waals surface area contributed by atoms with Crippen molar-refractivity contribution in [3.8, 4) is 0 Å². The molecule has 20 heavy (non-hydrogen) atoms. The largest absolute Gasteiger partial charge is 0.339 e. The Morgan fingerprint density at radius 1 is 1.55 bits per heavy atom. The van der Waals surface area contributed by atoms with Gasteiger partial charge in [-0.2, -0.15) is 0 Å². The van der Waals surface area contributed by atoms with Crippen molar-refractivity contribution in [3.63, 3.8) is 0 Å². The number of nitrogens with one attached hydrogen (secondary N) is 1. The number of carbonyl (C=O) groups excluding carboxylic acids is 1. The Hall–Kier alpha value is -1.95. The standard InChI is InChI=1S/C14H19N3O3/c1-10-9-16(7-6-15-10)14(18)11(2)12-4-3-5-13(8-12)17(19)20/h3-5,8,10-11,15H,6-7,9H2,1-2H3/t10-,11?/m1/s1.